The van der Waals surface area contributed by atoms with Gasteiger partial charge < -0.3 is 35.1 Å². The molecule has 0 saturated carbocycles. The predicted molar refractivity (Wildman–Crippen MR) is 147 cm³/mol. The molecular weight excluding hydrogens is 514 g/mol. The Bertz CT molecular complexity index is 1400. The molecule has 1 fully saturated rings. The molecule has 2 atom stereocenters. The van der Waals surface area contributed by atoms with Crippen molar-refractivity contribution in [3.63, 3.8) is 0 Å². The van der Waals surface area contributed by atoms with Gasteiger partial charge in [-0.3, -0.25) is 14.4 Å². The molecule has 11 heteroatoms. The van der Waals surface area contributed by atoms with Crippen LogP contribution in [-0.4, -0.2) is 73.6 Å². The van der Waals surface area contributed by atoms with Gasteiger partial charge >= 0.3 is 0 Å². The molecule has 4 heterocycles. The van der Waals surface area contributed by atoms with Crippen LogP contribution in [0.5, 0.6) is 17.2 Å². The van der Waals surface area contributed by atoms with Gasteiger partial charge in [-0.1, -0.05) is 12.1 Å². The van der Waals surface area contributed by atoms with E-state index >= 15 is 0 Å². The molecule has 6 rings (SSSR count). The van der Waals surface area contributed by atoms with Crippen LogP contribution >= 0.6 is 0 Å². The number of nitrogens with zero attached hydrogens (tertiary/aromatic N) is 2. The highest BCUT2D eigenvalue weighted by Gasteiger charge is 2.35. The maximum atomic E-state index is 13.5. The third kappa shape index (κ3) is 5.93. The molecule has 3 aromatic rings. The minimum absolute atomic E-state index is 0.185. The molecule has 0 unspecified atom stereocenters. The molecular formula is C29H31N5O6. The molecule has 3 amide bonds. The van der Waals surface area contributed by atoms with Crippen LogP contribution in [0.4, 0.5) is 5.82 Å². The number of nitrogens with one attached hydrogen (secondary N) is 3. The minimum Gasteiger partial charge on any atom is -0.493 e. The predicted octanol–water partition coefficient (Wildman–Crippen LogP) is 2.23. The van der Waals surface area contributed by atoms with Crippen molar-refractivity contribution < 1.29 is 28.6 Å². The van der Waals surface area contributed by atoms with Crippen molar-refractivity contribution in [1.82, 2.24) is 20.5 Å². The van der Waals surface area contributed by atoms with Crippen molar-refractivity contribution in [3.05, 3.63) is 77.5 Å². The van der Waals surface area contributed by atoms with E-state index in [-0.39, 0.29) is 42.7 Å². The molecule has 3 N–H and O–H groups in total. The zero-order valence-electron chi connectivity index (χ0n) is 22.3. The van der Waals surface area contributed by atoms with Crippen molar-refractivity contribution in [2.75, 3.05) is 39.2 Å². The molecule has 4 bridgehead atoms. The summed E-state index contributed by atoms with van der Waals surface area (Å²) < 4.78 is 17.4. The monoisotopic (exact) mass is 545 g/mol. The third-order valence-corrected chi connectivity index (χ3v) is 6.91. The highest BCUT2D eigenvalue weighted by atomic mass is 16.5. The molecule has 1 aromatic heterocycles. The van der Waals surface area contributed by atoms with Gasteiger partial charge in [0.05, 0.1) is 18.7 Å². The molecule has 0 aliphatic carbocycles. The highest BCUT2D eigenvalue weighted by Crippen LogP contribution is 2.29. The van der Waals surface area contributed by atoms with Gasteiger partial charge in [-0.25, -0.2) is 4.98 Å². The summed E-state index contributed by atoms with van der Waals surface area (Å²) in [7, 11) is 3.20. The van der Waals surface area contributed by atoms with Crippen molar-refractivity contribution in [2.24, 2.45) is 0 Å². The summed E-state index contributed by atoms with van der Waals surface area (Å²) >= 11 is 0. The van der Waals surface area contributed by atoms with Crippen LogP contribution < -0.4 is 30.2 Å². The quantitative estimate of drug-likeness (QED) is 0.457. The van der Waals surface area contributed by atoms with Crippen LogP contribution in [0.1, 0.15) is 32.7 Å². The SMILES string of the molecule is CNc1ncccc1C(=O)N1CC[C@H]2Oc3ccc(cc3)CNC(=O)COc3cc(ccc3OC)C(=O)N[C@H]2C1. The number of anilines is 1. The summed E-state index contributed by atoms with van der Waals surface area (Å²) in [5.41, 5.74) is 1.67. The summed E-state index contributed by atoms with van der Waals surface area (Å²) in [4.78, 5) is 45.2. The lowest BCUT2D eigenvalue weighted by Crippen LogP contribution is -2.58. The van der Waals surface area contributed by atoms with Gasteiger partial charge in [0.2, 0.25) is 0 Å². The van der Waals surface area contributed by atoms with Crippen LogP contribution in [0.25, 0.3) is 0 Å². The summed E-state index contributed by atoms with van der Waals surface area (Å²) in [6.45, 7) is 0.765. The second-order valence-corrected chi connectivity index (χ2v) is 9.50. The second kappa shape index (κ2) is 11.9. The summed E-state index contributed by atoms with van der Waals surface area (Å²) in [5.74, 6) is 0.906. The second-order valence-electron chi connectivity index (χ2n) is 9.50. The van der Waals surface area contributed by atoms with Crippen LogP contribution in [0.2, 0.25) is 0 Å². The van der Waals surface area contributed by atoms with Crippen molar-refractivity contribution >= 4 is 23.5 Å². The van der Waals surface area contributed by atoms with E-state index < -0.39 is 6.04 Å². The molecule has 40 heavy (non-hydrogen) atoms. The molecule has 208 valence electrons. The summed E-state index contributed by atoms with van der Waals surface area (Å²) in [5, 5.41) is 8.84. The Morgan fingerprint density at radius 3 is 2.75 bits per heavy atom. The molecule has 1 saturated heterocycles. The molecule has 3 aliphatic heterocycles. The first-order valence-corrected chi connectivity index (χ1v) is 13.0. The normalized spacial score (nSPS) is 19.2. The number of rotatable bonds is 3. The lowest BCUT2D eigenvalue weighted by Gasteiger charge is -2.39. The van der Waals surface area contributed by atoms with E-state index in [9.17, 15) is 14.4 Å². The van der Waals surface area contributed by atoms with E-state index in [0.717, 1.165) is 5.56 Å². The van der Waals surface area contributed by atoms with Gasteiger partial charge in [0.25, 0.3) is 17.7 Å². The van der Waals surface area contributed by atoms with E-state index in [2.05, 4.69) is 20.9 Å². The number of piperidine rings is 1. The number of fused-ring (bicyclic) bond motifs is 7. The zero-order valence-corrected chi connectivity index (χ0v) is 22.3. The van der Waals surface area contributed by atoms with Crippen LogP contribution in [0.3, 0.4) is 0 Å². The first kappa shape index (κ1) is 26.8. The largest absolute Gasteiger partial charge is 0.493 e. The Hall–Kier alpha value is -4.80. The number of hydrogen-bond donors (Lipinski definition) is 3. The third-order valence-electron chi connectivity index (χ3n) is 6.91. The fourth-order valence-electron chi connectivity index (χ4n) is 4.78. The Morgan fingerprint density at radius 1 is 1.15 bits per heavy atom. The number of likely N-dealkylation sites (tertiary alicyclic amines) is 1. The number of hydrogen-bond acceptors (Lipinski definition) is 8. The standard InChI is InChI=1S/C29H31N5O6/c1-30-27-21(4-3-12-31-27)29(37)34-13-11-23-22(16-34)33-28(36)19-7-10-24(38-2)25(14-19)39-17-26(35)32-15-18-5-8-20(40-23)9-6-18/h3-10,12,14,22-23H,11,13,15-17H2,1-2H3,(H,30,31)(H,32,35)(H,33,36)/t22-,23+/m0/s1. The molecule has 0 spiro atoms. The Kier molecular flexibility index (Phi) is 7.99. The van der Waals surface area contributed by atoms with Gasteiger partial charge in [0, 0.05) is 44.9 Å². The van der Waals surface area contributed by atoms with Crippen molar-refractivity contribution in [2.45, 2.75) is 25.1 Å². The fraction of sp³-hybridized carbons (Fsp3) is 0.310. The number of amides is 3. The smallest absolute Gasteiger partial charge is 0.258 e. The maximum Gasteiger partial charge on any atom is 0.258 e. The topological polar surface area (TPSA) is 131 Å². The number of carbonyl (C=O) groups excluding carboxylic acids is 3. The Morgan fingerprint density at radius 2 is 1.98 bits per heavy atom. The maximum absolute atomic E-state index is 13.5. The lowest BCUT2D eigenvalue weighted by molar-refractivity contribution is -0.123. The number of benzene rings is 2. The van der Waals surface area contributed by atoms with Crippen molar-refractivity contribution in [3.8, 4) is 17.2 Å². The van der Waals surface area contributed by atoms with Crippen LogP contribution in [0, 0.1) is 0 Å². The van der Waals surface area contributed by atoms with Gasteiger partial charge in [0.1, 0.15) is 17.7 Å². The Balaban J connectivity index is 1.45. The number of pyridine rings is 1. The number of methoxy groups -OCH3 is 1. The van der Waals surface area contributed by atoms with Gasteiger partial charge in [0.15, 0.2) is 18.1 Å². The average molecular weight is 546 g/mol. The van der Waals surface area contributed by atoms with E-state index in [0.29, 0.717) is 48.0 Å². The van der Waals surface area contributed by atoms with Crippen molar-refractivity contribution in [1.29, 1.82) is 0 Å². The average Bonchev–Trinajstić information content (AvgIpc) is 2.99. The lowest BCUT2D eigenvalue weighted by atomic mass is 10.00. The van der Waals surface area contributed by atoms with Crippen LogP contribution in [0.15, 0.2) is 60.8 Å². The number of aromatic nitrogens is 1. The molecule has 2 aromatic carbocycles. The highest BCUT2D eigenvalue weighted by molar-refractivity contribution is 5.99. The fourth-order valence-corrected chi connectivity index (χ4v) is 4.78. The van der Waals surface area contributed by atoms with Gasteiger partial charge in [-0.2, -0.15) is 0 Å². The molecule has 11 nitrogen and oxygen atoms in total. The summed E-state index contributed by atoms with van der Waals surface area (Å²) in [6.07, 6.45) is 1.73. The number of carbonyl (C=O) groups is 3. The van der Waals surface area contributed by atoms with Gasteiger partial charge in [-0.05, 0) is 48.0 Å². The Labute approximate surface area is 231 Å². The first-order valence-electron chi connectivity index (χ1n) is 13.0. The minimum atomic E-state index is -0.509. The van der Waals surface area contributed by atoms with E-state index in [1.54, 1.807) is 42.4 Å². The zero-order chi connectivity index (χ0) is 28.1. The van der Waals surface area contributed by atoms with E-state index in [1.807, 2.05) is 24.3 Å². The number of ether oxygens (including phenoxy) is 3. The first-order chi connectivity index (χ1) is 19.4. The molecule has 0 radical (unpaired) electrons. The summed E-state index contributed by atoms with van der Waals surface area (Å²) in [6, 6.07) is 15.1. The van der Waals surface area contributed by atoms with Crippen LogP contribution in [-0.2, 0) is 11.3 Å². The van der Waals surface area contributed by atoms with Gasteiger partial charge in [-0.15, -0.1) is 0 Å². The van der Waals surface area contributed by atoms with E-state index in [1.165, 1.54) is 13.2 Å². The van der Waals surface area contributed by atoms with E-state index in [4.69, 9.17) is 14.2 Å². The molecule has 3 aliphatic rings.